The van der Waals surface area contributed by atoms with Crippen LogP contribution >= 0.6 is 11.3 Å². The maximum absolute atomic E-state index is 10.7. The number of carboxylic acid groups (broad SMARTS) is 1. The van der Waals surface area contributed by atoms with Gasteiger partial charge in [-0.2, -0.15) is 0 Å². The van der Waals surface area contributed by atoms with Crippen molar-refractivity contribution in [2.24, 2.45) is 0 Å². The first-order valence-electron chi connectivity index (χ1n) is 9.34. The third-order valence-corrected chi connectivity index (χ3v) is 5.16. The summed E-state index contributed by atoms with van der Waals surface area (Å²) in [7, 11) is 0. The first-order valence-corrected chi connectivity index (χ1v) is 10.2. The van der Waals surface area contributed by atoms with Crippen molar-refractivity contribution in [2.45, 2.75) is 39.2 Å². The van der Waals surface area contributed by atoms with Gasteiger partial charge in [0.1, 0.15) is 5.75 Å². The van der Waals surface area contributed by atoms with Gasteiger partial charge in [0.2, 0.25) is 0 Å². The molecule has 0 aliphatic rings. The lowest BCUT2D eigenvalue weighted by Gasteiger charge is -2.12. The molecule has 0 aliphatic heterocycles. The normalized spacial score (nSPS) is 11.8. The van der Waals surface area contributed by atoms with E-state index in [-0.39, 0.29) is 12.5 Å². The highest BCUT2D eigenvalue weighted by molar-refractivity contribution is 7.14. The van der Waals surface area contributed by atoms with E-state index >= 15 is 0 Å². The van der Waals surface area contributed by atoms with Crippen molar-refractivity contribution in [3.63, 3.8) is 0 Å². The van der Waals surface area contributed by atoms with E-state index in [9.17, 15) is 4.79 Å². The maximum atomic E-state index is 10.7. The predicted octanol–water partition coefficient (Wildman–Crippen LogP) is 5.75. The van der Waals surface area contributed by atoms with E-state index in [1.54, 1.807) is 11.3 Å². The van der Waals surface area contributed by atoms with Gasteiger partial charge in [0, 0.05) is 23.1 Å². The van der Waals surface area contributed by atoms with E-state index in [0.29, 0.717) is 6.42 Å². The fourth-order valence-corrected chi connectivity index (χ4v) is 3.35. The van der Waals surface area contributed by atoms with Crippen molar-refractivity contribution < 1.29 is 14.6 Å². The van der Waals surface area contributed by atoms with Crippen LogP contribution in [0.4, 0.5) is 10.8 Å². The molecule has 2 N–H and O–H groups in total. The van der Waals surface area contributed by atoms with Gasteiger partial charge in [-0.05, 0) is 61.7 Å². The molecule has 1 atom stereocenters. The molecule has 0 fully saturated rings. The van der Waals surface area contributed by atoms with Crippen LogP contribution in [0, 0.1) is 0 Å². The second kappa shape index (κ2) is 9.37. The molecule has 28 heavy (non-hydrogen) atoms. The van der Waals surface area contributed by atoms with Gasteiger partial charge >= 0.3 is 5.97 Å². The van der Waals surface area contributed by atoms with Crippen molar-refractivity contribution >= 4 is 28.1 Å². The molecule has 2 aromatic carbocycles. The average Bonchev–Trinajstić information content (AvgIpc) is 3.16. The highest BCUT2D eigenvalue weighted by Gasteiger charge is 2.07. The number of nitrogens with zero attached hydrogens (tertiary/aromatic N) is 1. The fraction of sp³-hybridized carbons (Fsp3) is 0.273. The number of carboxylic acids is 1. The second-order valence-corrected chi connectivity index (χ2v) is 7.47. The quantitative estimate of drug-likeness (QED) is 0.482. The molecule has 0 spiro atoms. The molecule has 0 amide bonds. The van der Waals surface area contributed by atoms with Crippen LogP contribution in [0.15, 0.2) is 53.9 Å². The molecular weight excluding hydrogens is 372 g/mol. The number of rotatable bonds is 9. The van der Waals surface area contributed by atoms with Crippen LogP contribution in [0.5, 0.6) is 5.75 Å². The predicted molar refractivity (Wildman–Crippen MR) is 114 cm³/mol. The van der Waals surface area contributed by atoms with Crippen molar-refractivity contribution in [3.8, 4) is 17.0 Å². The fourth-order valence-electron chi connectivity index (χ4n) is 2.61. The summed E-state index contributed by atoms with van der Waals surface area (Å²) in [5.41, 5.74) is 3.90. The molecule has 0 radical (unpaired) electrons. The standard InChI is InChI=1S/C22H24N2O3S/c1-3-15(2)27-19-11-7-17(8-12-19)20-14-28-22(24-20)23-18-9-4-16(5-10-18)6-13-21(25)26/h4-5,7-12,14-15H,3,6,13H2,1-2H3,(H,23,24)(H,25,26). The number of aromatic nitrogens is 1. The number of anilines is 2. The molecule has 1 aromatic heterocycles. The molecule has 146 valence electrons. The largest absolute Gasteiger partial charge is 0.491 e. The lowest BCUT2D eigenvalue weighted by Crippen LogP contribution is -2.09. The lowest BCUT2D eigenvalue weighted by atomic mass is 10.1. The topological polar surface area (TPSA) is 71.5 Å². The third-order valence-electron chi connectivity index (χ3n) is 4.40. The van der Waals surface area contributed by atoms with E-state index in [2.05, 4.69) is 24.1 Å². The van der Waals surface area contributed by atoms with Crippen molar-refractivity contribution in [1.82, 2.24) is 4.98 Å². The van der Waals surface area contributed by atoms with Gasteiger partial charge in [0.25, 0.3) is 0 Å². The van der Waals surface area contributed by atoms with Crippen LogP contribution < -0.4 is 10.1 Å². The Balaban J connectivity index is 1.61. The van der Waals surface area contributed by atoms with Gasteiger partial charge in [0.15, 0.2) is 5.13 Å². The minimum atomic E-state index is -0.781. The molecule has 0 bridgehead atoms. The summed E-state index contributed by atoms with van der Waals surface area (Å²) in [4.78, 5) is 15.3. The number of hydrogen-bond donors (Lipinski definition) is 2. The number of aliphatic carboxylic acids is 1. The van der Waals surface area contributed by atoms with Crippen LogP contribution in [0.25, 0.3) is 11.3 Å². The number of aryl methyl sites for hydroxylation is 1. The van der Waals surface area contributed by atoms with Crippen LogP contribution in [0.3, 0.4) is 0 Å². The number of thiazole rings is 1. The summed E-state index contributed by atoms with van der Waals surface area (Å²) in [6.45, 7) is 4.16. The highest BCUT2D eigenvalue weighted by Crippen LogP contribution is 2.28. The Morgan fingerprint density at radius 1 is 1.18 bits per heavy atom. The summed E-state index contributed by atoms with van der Waals surface area (Å²) < 4.78 is 5.82. The van der Waals surface area contributed by atoms with Gasteiger partial charge in [-0.3, -0.25) is 4.79 Å². The Hall–Kier alpha value is -2.86. The maximum Gasteiger partial charge on any atom is 0.303 e. The van der Waals surface area contributed by atoms with E-state index in [0.717, 1.165) is 39.8 Å². The van der Waals surface area contributed by atoms with E-state index in [1.807, 2.05) is 53.9 Å². The zero-order chi connectivity index (χ0) is 19.9. The van der Waals surface area contributed by atoms with Gasteiger partial charge in [-0.25, -0.2) is 4.98 Å². The number of carbonyl (C=O) groups is 1. The number of hydrogen-bond acceptors (Lipinski definition) is 5. The first kappa shape index (κ1) is 19.9. The van der Waals surface area contributed by atoms with E-state index < -0.39 is 5.97 Å². The molecule has 1 heterocycles. The van der Waals surface area contributed by atoms with E-state index in [1.165, 1.54) is 0 Å². The number of ether oxygens (including phenoxy) is 1. The Labute approximate surface area is 169 Å². The van der Waals surface area contributed by atoms with Gasteiger partial charge < -0.3 is 15.2 Å². The summed E-state index contributed by atoms with van der Waals surface area (Å²) in [6, 6.07) is 15.8. The van der Waals surface area contributed by atoms with Crippen molar-refractivity contribution in [2.75, 3.05) is 5.32 Å². The molecule has 3 rings (SSSR count). The molecular formula is C22H24N2O3S. The van der Waals surface area contributed by atoms with Crippen LogP contribution in [0.1, 0.15) is 32.3 Å². The van der Waals surface area contributed by atoms with Crippen molar-refractivity contribution in [3.05, 3.63) is 59.5 Å². The van der Waals surface area contributed by atoms with Crippen LogP contribution in [-0.4, -0.2) is 22.2 Å². The Bertz CT molecular complexity index is 904. The minimum absolute atomic E-state index is 0.143. The molecule has 0 saturated heterocycles. The van der Waals surface area contributed by atoms with Crippen LogP contribution in [-0.2, 0) is 11.2 Å². The molecule has 1 unspecified atom stereocenters. The first-order chi connectivity index (χ1) is 13.5. The Morgan fingerprint density at radius 2 is 1.89 bits per heavy atom. The average molecular weight is 397 g/mol. The molecule has 0 aliphatic carbocycles. The molecule has 3 aromatic rings. The smallest absolute Gasteiger partial charge is 0.303 e. The highest BCUT2D eigenvalue weighted by atomic mass is 32.1. The van der Waals surface area contributed by atoms with Crippen molar-refractivity contribution in [1.29, 1.82) is 0 Å². The second-order valence-electron chi connectivity index (χ2n) is 6.61. The van der Waals surface area contributed by atoms with Gasteiger partial charge in [0.05, 0.1) is 11.8 Å². The lowest BCUT2D eigenvalue weighted by molar-refractivity contribution is -0.136. The third kappa shape index (κ3) is 5.57. The summed E-state index contributed by atoms with van der Waals surface area (Å²) in [5, 5.41) is 14.9. The summed E-state index contributed by atoms with van der Waals surface area (Å²) in [5.74, 6) is 0.0895. The Kier molecular flexibility index (Phi) is 6.66. The molecule has 0 saturated carbocycles. The summed E-state index contributed by atoms with van der Waals surface area (Å²) >= 11 is 1.54. The van der Waals surface area contributed by atoms with Gasteiger partial charge in [-0.15, -0.1) is 11.3 Å². The zero-order valence-electron chi connectivity index (χ0n) is 16.0. The molecule has 6 heteroatoms. The zero-order valence-corrected chi connectivity index (χ0v) is 16.8. The number of benzene rings is 2. The molecule has 5 nitrogen and oxygen atoms in total. The Morgan fingerprint density at radius 3 is 2.54 bits per heavy atom. The monoisotopic (exact) mass is 396 g/mol. The number of nitrogens with one attached hydrogen (secondary N) is 1. The van der Waals surface area contributed by atoms with E-state index in [4.69, 9.17) is 9.84 Å². The summed E-state index contributed by atoms with van der Waals surface area (Å²) in [6.07, 6.45) is 1.86. The van der Waals surface area contributed by atoms with Crippen LogP contribution in [0.2, 0.25) is 0 Å². The van der Waals surface area contributed by atoms with Gasteiger partial charge in [-0.1, -0.05) is 19.1 Å². The minimum Gasteiger partial charge on any atom is -0.491 e. The SMILES string of the molecule is CCC(C)Oc1ccc(-c2csc(Nc3ccc(CCC(=O)O)cc3)n2)cc1.